The van der Waals surface area contributed by atoms with Crippen molar-refractivity contribution in [1.29, 1.82) is 0 Å². The van der Waals surface area contributed by atoms with Crippen molar-refractivity contribution in [2.75, 3.05) is 0 Å². The van der Waals surface area contributed by atoms with Gasteiger partial charge in [-0.2, -0.15) is 0 Å². The molecule has 0 N–H and O–H groups in total. The molecule has 3 aliphatic rings. The summed E-state index contributed by atoms with van der Waals surface area (Å²) in [5, 5.41) is 0. The number of carbonyl (C=O) groups is 2. The van der Waals surface area contributed by atoms with Crippen LogP contribution in [-0.2, 0) is 0 Å². The lowest BCUT2D eigenvalue weighted by atomic mass is 9.90. The minimum atomic E-state index is -0.130. The third kappa shape index (κ3) is 1.87. The van der Waals surface area contributed by atoms with E-state index >= 15 is 0 Å². The summed E-state index contributed by atoms with van der Waals surface area (Å²) in [6, 6.07) is 7.18. The van der Waals surface area contributed by atoms with Gasteiger partial charge in [-0.25, -0.2) is 4.90 Å². The zero-order valence-corrected chi connectivity index (χ0v) is 12.0. The summed E-state index contributed by atoms with van der Waals surface area (Å²) in [5.41, 5.74) is 2.10. The van der Waals surface area contributed by atoms with Crippen molar-refractivity contribution in [2.45, 2.75) is 38.5 Å². The van der Waals surface area contributed by atoms with E-state index in [0.717, 1.165) is 18.5 Å². The summed E-state index contributed by atoms with van der Waals surface area (Å²) in [6.07, 6.45) is 9.11. The smallest absolute Gasteiger partial charge is 0.265 e. The monoisotopic (exact) mass is 281 g/mol. The molecule has 1 heterocycles. The molecule has 0 saturated heterocycles. The van der Waals surface area contributed by atoms with Gasteiger partial charge in [0.15, 0.2) is 0 Å². The fourth-order valence-electron chi connectivity index (χ4n) is 4.23. The highest BCUT2D eigenvalue weighted by molar-refractivity contribution is 6.22. The van der Waals surface area contributed by atoms with Gasteiger partial charge < -0.3 is 0 Å². The van der Waals surface area contributed by atoms with Gasteiger partial charge in [0.05, 0.1) is 11.1 Å². The lowest BCUT2D eigenvalue weighted by Gasteiger charge is -2.26. The van der Waals surface area contributed by atoms with E-state index in [2.05, 4.69) is 6.08 Å². The second-order valence-corrected chi connectivity index (χ2v) is 6.35. The molecule has 1 fully saturated rings. The minimum absolute atomic E-state index is 0.130. The quantitative estimate of drug-likeness (QED) is 0.735. The van der Waals surface area contributed by atoms with Crippen molar-refractivity contribution in [3.63, 3.8) is 0 Å². The molecule has 2 unspecified atom stereocenters. The molecule has 1 aliphatic heterocycles. The Bertz CT molecular complexity index is 611. The SMILES string of the molecule is O=C1c2ccccc2C(=O)N1C1=CCCCC2CCCC12. The lowest BCUT2D eigenvalue weighted by Crippen LogP contribution is -2.33. The molecule has 0 spiro atoms. The number of hydrogen-bond acceptors (Lipinski definition) is 2. The first-order chi connectivity index (χ1) is 10.3. The molecule has 0 bridgehead atoms. The molecule has 2 atom stereocenters. The van der Waals surface area contributed by atoms with Crippen LogP contribution >= 0.6 is 0 Å². The van der Waals surface area contributed by atoms with Crippen LogP contribution in [0.1, 0.15) is 59.2 Å². The summed E-state index contributed by atoms with van der Waals surface area (Å²) in [6.45, 7) is 0. The molecule has 1 aromatic carbocycles. The maximum atomic E-state index is 12.7. The van der Waals surface area contributed by atoms with E-state index in [1.54, 1.807) is 12.1 Å². The zero-order valence-electron chi connectivity index (χ0n) is 12.0. The van der Waals surface area contributed by atoms with Crippen molar-refractivity contribution in [1.82, 2.24) is 4.90 Å². The number of nitrogens with zero attached hydrogens (tertiary/aromatic N) is 1. The molecule has 1 saturated carbocycles. The van der Waals surface area contributed by atoms with Crippen molar-refractivity contribution in [3.8, 4) is 0 Å². The van der Waals surface area contributed by atoms with E-state index in [0.29, 0.717) is 23.0 Å². The van der Waals surface area contributed by atoms with Gasteiger partial charge in [-0.1, -0.05) is 24.6 Å². The Morgan fingerprint density at radius 3 is 2.29 bits per heavy atom. The Morgan fingerprint density at radius 2 is 1.57 bits per heavy atom. The van der Waals surface area contributed by atoms with Crippen molar-refractivity contribution >= 4 is 11.8 Å². The summed E-state index contributed by atoms with van der Waals surface area (Å²) < 4.78 is 0. The Labute approximate surface area is 124 Å². The molecule has 3 nitrogen and oxygen atoms in total. The molecule has 21 heavy (non-hydrogen) atoms. The normalized spacial score (nSPS) is 28.2. The van der Waals surface area contributed by atoms with E-state index in [1.165, 1.54) is 30.6 Å². The highest BCUT2D eigenvalue weighted by atomic mass is 16.2. The van der Waals surface area contributed by atoms with Gasteiger partial charge in [0.1, 0.15) is 0 Å². The van der Waals surface area contributed by atoms with Gasteiger partial charge in [0.25, 0.3) is 11.8 Å². The number of amides is 2. The predicted molar refractivity (Wildman–Crippen MR) is 79.7 cm³/mol. The van der Waals surface area contributed by atoms with Crippen LogP contribution in [-0.4, -0.2) is 16.7 Å². The zero-order chi connectivity index (χ0) is 14.4. The maximum Gasteiger partial charge on any atom is 0.265 e. The number of benzene rings is 1. The Kier molecular flexibility index (Phi) is 2.95. The fourth-order valence-corrected chi connectivity index (χ4v) is 4.23. The predicted octanol–water partition coefficient (Wildman–Crippen LogP) is 3.77. The van der Waals surface area contributed by atoms with Gasteiger partial charge in [0.2, 0.25) is 0 Å². The highest BCUT2D eigenvalue weighted by Crippen LogP contribution is 2.44. The van der Waals surface area contributed by atoms with Gasteiger partial charge >= 0.3 is 0 Å². The molecule has 4 rings (SSSR count). The average molecular weight is 281 g/mol. The molecule has 108 valence electrons. The molecule has 0 radical (unpaired) electrons. The average Bonchev–Trinajstić information content (AvgIpc) is 3.00. The summed E-state index contributed by atoms with van der Waals surface area (Å²) in [5.74, 6) is 0.793. The number of hydrogen-bond donors (Lipinski definition) is 0. The van der Waals surface area contributed by atoms with Crippen molar-refractivity contribution in [3.05, 3.63) is 47.2 Å². The van der Waals surface area contributed by atoms with E-state index in [4.69, 9.17) is 0 Å². The molecule has 1 aromatic rings. The molecule has 0 aromatic heterocycles. The second-order valence-electron chi connectivity index (χ2n) is 6.35. The van der Waals surface area contributed by atoms with Gasteiger partial charge in [-0.05, 0) is 50.2 Å². The second kappa shape index (κ2) is 4.83. The van der Waals surface area contributed by atoms with Crippen LogP contribution in [0.4, 0.5) is 0 Å². The lowest BCUT2D eigenvalue weighted by molar-refractivity contribution is 0.0682. The van der Waals surface area contributed by atoms with Crippen molar-refractivity contribution < 1.29 is 9.59 Å². The number of rotatable bonds is 1. The fraction of sp³-hybridized carbons (Fsp3) is 0.444. The van der Waals surface area contributed by atoms with Gasteiger partial charge in [-0.15, -0.1) is 0 Å². The van der Waals surface area contributed by atoms with Crippen LogP contribution in [0.25, 0.3) is 0 Å². The summed E-state index contributed by atoms with van der Waals surface area (Å²) >= 11 is 0. The summed E-state index contributed by atoms with van der Waals surface area (Å²) in [7, 11) is 0. The Hall–Kier alpha value is -1.90. The standard InChI is InChI=1S/C18H19NO2/c20-17-14-8-2-3-9-15(14)18(21)19(17)16-11-4-1-6-12-7-5-10-13(12)16/h2-3,8-9,11-13H,1,4-7,10H2. The first kappa shape index (κ1) is 12.8. The van der Waals surface area contributed by atoms with E-state index in [-0.39, 0.29) is 11.8 Å². The van der Waals surface area contributed by atoms with Crippen LogP contribution in [0.5, 0.6) is 0 Å². The molecular weight excluding hydrogens is 262 g/mol. The molecule has 3 heteroatoms. The highest BCUT2D eigenvalue weighted by Gasteiger charge is 2.42. The topological polar surface area (TPSA) is 37.4 Å². The van der Waals surface area contributed by atoms with Crippen LogP contribution in [0.2, 0.25) is 0 Å². The number of fused-ring (bicyclic) bond motifs is 2. The van der Waals surface area contributed by atoms with E-state index in [1.807, 2.05) is 12.1 Å². The molecule has 2 amide bonds. The number of allylic oxidation sites excluding steroid dienone is 2. The molecular formula is C18H19NO2. The van der Waals surface area contributed by atoms with Crippen molar-refractivity contribution in [2.24, 2.45) is 11.8 Å². The van der Waals surface area contributed by atoms with E-state index < -0.39 is 0 Å². The number of imide groups is 1. The molecule has 2 aliphatic carbocycles. The van der Waals surface area contributed by atoms with Crippen LogP contribution < -0.4 is 0 Å². The first-order valence-electron chi connectivity index (χ1n) is 7.95. The van der Waals surface area contributed by atoms with Gasteiger partial charge in [-0.3, -0.25) is 9.59 Å². The van der Waals surface area contributed by atoms with E-state index in [9.17, 15) is 9.59 Å². The Morgan fingerprint density at radius 1 is 0.905 bits per heavy atom. The van der Waals surface area contributed by atoms with Crippen LogP contribution in [0, 0.1) is 11.8 Å². The maximum absolute atomic E-state index is 12.7. The Balaban J connectivity index is 1.75. The largest absolute Gasteiger partial charge is 0.268 e. The van der Waals surface area contributed by atoms with Crippen LogP contribution in [0.15, 0.2) is 36.0 Å². The minimum Gasteiger partial charge on any atom is -0.268 e. The van der Waals surface area contributed by atoms with Crippen LogP contribution in [0.3, 0.4) is 0 Å². The third-order valence-electron chi connectivity index (χ3n) is 5.22. The summed E-state index contributed by atoms with van der Waals surface area (Å²) in [4.78, 5) is 26.8. The third-order valence-corrected chi connectivity index (χ3v) is 5.22. The van der Waals surface area contributed by atoms with Gasteiger partial charge in [0, 0.05) is 11.6 Å². The number of carbonyl (C=O) groups excluding carboxylic acids is 2. The first-order valence-corrected chi connectivity index (χ1v) is 7.95.